The Morgan fingerprint density at radius 1 is 0.609 bits per heavy atom. The molecule has 0 amide bonds. The van der Waals surface area contributed by atoms with E-state index in [1.807, 2.05) is 54.6 Å². The van der Waals surface area contributed by atoms with E-state index in [1.54, 1.807) is 22.7 Å². The van der Waals surface area contributed by atoms with Crippen LogP contribution >= 0.6 is 22.7 Å². The van der Waals surface area contributed by atoms with Crippen molar-refractivity contribution in [2.45, 2.75) is 19.3 Å². The lowest BCUT2D eigenvalue weighted by Gasteiger charge is -2.28. The molecule has 0 spiro atoms. The standard InChI is InChI=1S/C41H27NO2S2/c1-41(2)34-21-28(42(26-13-5-3-6-14-26)27-15-7-4-8-16-27)17-18-30(34)39-36(41)40-35(46-39)23-29(45-40)22-33-37(43)31-19-24-11-9-10-12-25(24)20-32(31)38(33)44/h3-23H,1-2H3. The molecule has 0 radical (unpaired) electrons. The number of thiophene rings is 2. The van der Waals surface area contributed by atoms with Gasteiger partial charge in [0.1, 0.15) is 0 Å². The average Bonchev–Trinajstić information content (AvgIpc) is 3.76. The highest BCUT2D eigenvalue weighted by atomic mass is 32.1. The summed E-state index contributed by atoms with van der Waals surface area (Å²) in [7, 11) is 0. The van der Waals surface area contributed by atoms with Gasteiger partial charge in [-0.3, -0.25) is 9.59 Å². The summed E-state index contributed by atoms with van der Waals surface area (Å²) in [4.78, 5) is 31.5. The number of nitrogens with zero attached hydrogens (tertiary/aromatic N) is 1. The zero-order valence-electron chi connectivity index (χ0n) is 25.2. The fourth-order valence-corrected chi connectivity index (χ4v) is 10.1. The minimum atomic E-state index is -0.220. The first-order chi connectivity index (χ1) is 22.4. The van der Waals surface area contributed by atoms with Crippen molar-refractivity contribution in [3.05, 3.63) is 154 Å². The zero-order valence-corrected chi connectivity index (χ0v) is 26.8. The number of ketones is 2. The molecule has 3 nitrogen and oxygen atoms in total. The molecular formula is C41H27NO2S2. The maximum Gasteiger partial charge on any atom is 0.197 e. The van der Waals surface area contributed by atoms with E-state index in [9.17, 15) is 9.59 Å². The number of hydrogen-bond donors (Lipinski definition) is 0. The molecule has 2 heterocycles. The second-order valence-corrected chi connectivity index (χ2v) is 14.6. The van der Waals surface area contributed by atoms with Gasteiger partial charge in [-0.2, -0.15) is 0 Å². The van der Waals surface area contributed by atoms with Crippen LogP contribution in [0, 0.1) is 0 Å². The van der Waals surface area contributed by atoms with Gasteiger partial charge in [-0.05, 0) is 88.1 Å². The van der Waals surface area contributed by atoms with Gasteiger partial charge in [0.05, 0.1) is 10.3 Å². The van der Waals surface area contributed by atoms with Gasteiger partial charge < -0.3 is 4.90 Å². The number of carbonyl (C=O) groups excluding carboxylic acids is 2. The second kappa shape index (κ2) is 9.95. The molecular weight excluding hydrogens is 603 g/mol. The Balaban J connectivity index is 1.11. The fourth-order valence-electron chi connectivity index (χ4n) is 7.14. The van der Waals surface area contributed by atoms with Crippen LogP contribution in [0.2, 0.25) is 0 Å². The van der Waals surface area contributed by atoms with E-state index in [0.717, 1.165) is 32.7 Å². The Labute approximate surface area is 274 Å². The molecule has 46 heavy (non-hydrogen) atoms. The number of benzene rings is 5. The van der Waals surface area contributed by atoms with Gasteiger partial charge >= 0.3 is 0 Å². The molecule has 0 unspecified atom stereocenters. The first kappa shape index (κ1) is 27.2. The van der Waals surface area contributed by atoms with Crippen molar-refractivity contribution in [1.29, 1.82) is 0 Å². The van der Waals surface area contributed by atoms with Gasteiger partial charge in [-0.1, -0.05) is 80.6 Å². The maximum atomic E-state index is 13.5. The first-order valence-corrected chi connectivity index (χ1v) is 17.0. The minimum absolute atomic E-state index is 0.186. The summed E-state index contributed by atoms with van der Waals surface area (Å²) in [5.74, 6) is -0.372. The molecule has 2 aliphatic carbocycles. The molecule has 9 rings (SSSR count). The Morgan fingerprint density at radius 3 is 1.80 bits per heavy atom. The predicted molar refractivity (Wildman–Crippen MR) is 193 cm³/mol. The molecule has 7 aromatic rings. The molecule has 0 atom stereocenters. The van der Waals surface area contributed by atoms with Crippen LogP contribution in [-0.4, -0.2) is 11.6 Å². The Kier molecular flexibility index (Phi) is 5.89. The van der Waals surface area contributed by atoms with Crippen molar-refractivity contribution in [2.75, 3.05) is 4.90 Å². The molecule has 0 fully saturated rings. The van der Waals surface area contributed by atoms with Crippen LogP contribution in [-0.2, 0) is 5.41 Å². The van der Waals surface area contributed by atoms with Gasteiger partial charge in [0.25, 0.3) is 0 Å². The smallest absolute Gasteiger partial charge is 0.197 e. The van der Waals surface area contributed by atoms with Crippen molar-refractivity contribution >= 4 is 77.6 Å². The molecule has 0 N–H and O–H groups in total. The van der Waals surface area contributed by atoms with E-state index in [0.29, 0.717) is 11.1 Å². The molecule has 220 valence electrons. The van der Waals surface area contributed by atoms with Crippen LogP contribution in [0.15, 0.2) is 127 Å². The third-order valence-electron chi connectivity index (χ3n) is 9.37. The van der Waals surface area contributed by atoms with Crippen molar-refractivity contribution in [2.24, 2.45) is 0 Å². The highest BCUT2D eigenvalue weighted by Gasteiger charge is 2.40. The van der Waals surface area contributed by atoms with Gasteiger partial charge in [0, 0.05) is 48.1 Å². The summed E-state index contributed by atoms with van der Waals surface area (Å²) in [6, 6.07) is 41.6. The molecule has 2 aromatic heterocycles. The average molecular weight is 630 g/mol. The number of carbonyl (C=O) groups is 2. The van der Waals surface area contributed by atoms with Crippen molar-refractivity contribution in [1.82, 2.24) is 0 Å². The topological polar surface area (TPSA) is 37.4 Å². The minimum Gasteiger partial charge on any atom is -0.310 e. The molecule has 0 aliphatic heterocycles. The van der Waals surface area contributed by atoms with Crippen molar-refractivity contribution in [3.8, 4) is 10.4 Å². The lowest BCUT2D eigenvalue weighted by molar-refractivity contribution is 0.0990. The third kappa shape index (κ3) is 3.95. The van der Waals surface area contributed by atoms with Gasteiger partial charge in [-0.15, -0.1) is 22.7 Å². The number of hydrogen-bond acceptors (Lipinski definition) is 5. The molecule has 2 aliphatic rings. The van der Waals surface area contributed by atoms with Crippen LogP contribution in [0.4, 0.5) is 17.1 Å². The third-order valence-corrected chi connectivity index (χ3v) is 11.8. The van der Waals surface area contributed by atoms with Gasteiger partial charge in [0.15, 0.2) is 11.6 Å². The monoisotopic (exact) mass is 629 g/mol. The van der Waals surface area contributed by atoms with Crippen LogP contribution in [0.1, 0.15) is 50.6 Å². The predicted octanol–water partition coefficient (Wildman–Crippen LogP) is 11.4. The highest BCUT2D eigenvalue weighted by Crippen LogP contribution is 2.58. The molecule has 0 bridgehead atoms. The van der Waals surface area contributed by atoms with E-state index in [4.69, 9.17) is 0 Å². The summed E-state index contributed by atoms with van der Waals surface area (Å²) in [6.45, 7) is 4.62. The summed E-state index contributed by atoms with van der Waals surface area (Å²) in [5, 5.41) is 1.94. The fraction of sp³-hybridized carbons (Fsp3) is 0.0732. The number of para-hydroxylation sites is 2. The Bertz CT molecular complexity index is 2330. The number of fused-ring (bicyclic) bond motifs is 7. The highest BCUT2D eigenvalue weighted by molar-refractivity contribution is 7.30. The number of allylic oxidation sites excluding steroid dienone is 1. The number of rotatable bonds is 4. The Morgan fingerprint density at radius 2 is 1.20 bits per heavy atom. The summed E-state index contributed by atoms with van der Waals surface area (Å²) in [6.07, 6.45) is 1.81. The lowest BCUT2D eigenvalue weighted by atomic mass is 9.82. The van der Waals surface area contributed by atoms with E-state index >= 15 is 0 Å². The molecule has 5 heteroatoms. The van der Waals surface area contributed by atoms with Crippen LogP contribution < -0.4 is 4.90 Å². The SMILES string of the molecule is CC1(C)c2cc(N(c3ccccc3)c3ccccc3)ccc2-c2sc3cc(C=C4C(=O)c5cc6ccccc6cc5C4=O)sc3c21. The summed E-state index contributed by atoms with van der Waals surface area (Å²) < 4.78 is 2.43. The van der Waals surface area contributed by atoms with E-state index in [1.165, 1.54) is 31.0 Å². The molecule has 5 aromatic carbocycles. The number of Topliss-reactive ketones (excluding diaryl/α,β-unsaturated/α-hetero) is 2. The van der Waals surface area contributed by atoms with Crippen LogP contribution in [0.3, 0.4) is 0 Å². The van der Waals surface area contributed by atoms with Crippen LogP contribution in [0.5, 0.6) is 0 Å². The van der Waals surface area contributed by atoms with Crippen LogP contribution in [0.25, 0.3) is 36.7 Å². The maximum absolute atomic E-state index is 13.5. The quantitative estimate of drug-likeness (QED) is 0.144. The largest absolute Gasteiger partial charge is 0.310 e. The van der Waals surface area contributed by atoms with E-state index in [-0.39, 0.29) is 22.6 Å². The first-order valence-electron chi connectivity index (χ1n) is 15.3. The normalized spacial score (nSPS) is 14.5. The zero-order chi connectivity index (χ0) is 31.2. The summed E-state index contributed by atoms with van der Waals surface area (Å²) >= 11 is 3.48. The lowest BCUT2D eigenvalue weighted by Crippen LogP contribution is -2.16. The van der Waals surface area contributed by atoms with Crippen molar-refractivity contribution < 1.29 is 9.59 Å². The van der Waals surface area contributed by atoms with Gasteiger partial charge in [0.2, 0.25) is 0 Å². The molecule has 0 saturated heterocycles. The Hall–Kier alpha value is -5.10. The van der Waals surface area contributed by atoms with Crippen molar-refractivity contribution in [3.63, 3.8) is 0 Å². The summed E-state index contributed by atoms with van der Waals surface area (Å²) in [5.41, 5.74) is 8.31. The van der Waals surface area contributed by atoms with Gasteiger partial charge in [-0.25, -0.2) is 0 Å². The molecule has 0 saturated carbocycles. The van der Waals surface area contributed by atoms with E-state index in [2.05, 4.69) is 91.5 Å². The van der Waals surface area contributed by atoms with E-state index < -0.39 is 0 Å². The number of anilines is 3. The second-order valence-electron chi connectivity index (χ2n) is 12.5.